The molecule has 2 aliphatic rings. The number of benzene rings is 1. The number of nitro benzene ring substituents is 1. The van der Waals surface area contributed by atoms with Crippen molar-refractivity contribution in [3.8, 4) is 0 Å². The maximum atomic E-state index is 12.6. The van der Waals surface area contributed by atoms with E-state index in [1.165, 1.54) is 36.1 Å². The number of hydrogen-bond acceptors (Lipinski definition) is 7. The first kappa shape index (κ1) is 19.0. The Morgan fingerprint density at radius 3 is 2.44 bits per heavy atom. The summed E-state index contributed by atoms with van der Waals surface area (Å²) in [6.07, 6.45) is 0. The molecule has 1 amide bonds. The van der Waals surface area contributed by atoms with Gasteiger partial charge < -0.3 is 14.7 Å². The van der Waals surface area contributed by atoms with Gasteiger partial charge in [0.25, 0.3) is 11.6 Å². The van der Waals surface area contributed by atoms with Gasteiger partial charge in [-0.15, -0.1) is 0 Å². The van der Waals surface area contributed by atoms with E-state index in [4.69, 9.17) is 4.74 Å². The Morgan fingerprint density at radius 2 is 1.89 bits per heavy atom. The van der Waals surface area contributed by atoms with Crippen LogP contribution in [0.5, 0.6) is 0 Å². The molecular weight excluding hydrogens is 354 g/mol. The Bertz CT molecular complexity index is 783. The lowest BCUT2D eigenvalue weighted by Gasteiger charge is -2.31. The number of non-ortho nitro benzene ring substituents is 1. The lowest BCUT2D eigenvalue weighted by Crippen LogP contribution is -2.43. The molecule has 27 heavy (non-hydrogen) atoms. The Labute approximate surface area is 156 Å². The molecule has 1 saturated heterocycles. The minimum absolute atomic E-state index is 0.0239. The van der Waals surface area contributed by atoms with Crippen molar-refractivity contribution in [3.05, 3.63) is 51.3 Å². The molecule has 1 N–H and O–H groups in total. The third-order valence-electron chi connectivity index (χ3n) is 4.86. The van der Waals surface area contributed by atoms with E-state index >= 15 is 0 Å². The molecule has 0 saturated carbocycles. The van der Waals surface area contributed by atoms with E-state index in [2.05, 4.69) is 4.90 Å². The number of carbonyl (C=O) groups is 2. The van der Waals surface area contributed by atoms with Crippen molar-refractivity contribution < 1.29 is 24.4 Å². The molecule has 9 nitrogen and oxygen atoms in total. The molecule has 0 radical (unpaired) electrons. The summed E-state index contributed by atoms with van der Waals surface area (Å²) >= 11 is 0. The lowest BCUT2D eigenvalue weighted by molar-refractivity contribution is -0.384. The summed E-state index contributed by atoms with van der Waals surface area (Å²) in [4.78, 5) is 38.6. The second kappa shape index (κ2) is 7.85. The molecular formula is C18H21N3O6. The predicted molar refractivity (Wildman–Crippen MR) is 95.1 cm³/mol. The molecule has 9 heteroatoms. The van der Waals surface area contributed by atoms with Crippen LogP contribution in [0.15, 0.2) is 35.6 Å². The van der Waals surface area contributed by atoms with Gasteiger partial charge in [0.05, 0.1) is 29.8 Å². The van der Waals surface area contributed by atoms with Crippen LogP contribution in [-0.4, -0.2) is 70.9 Å². The van der Waals surface area contributed by atoms with Crippen LogP contribution in [0.1, 0.15) is 18.5 Å². The fourth-order valence-electron chi connectivity index (χ4n) is 3.44. The number of nitrogens with zero attached hydrogens (tertiary/aromatic N) is 3. The normalized spacial score (nSPS) is 21.0. The summed E-state index contributed by atoms with van der Waals surface area (Å²) < 4.78 is 5.31. The molecule has 0 aromatic heterocycles. The molecule has 1 aromatic carbocycles. The number of hydrogen-bond donors (Lipinski definition) is 1. The Morgan fingerprint density at radius 1 is 1.26 bits per heavy atom. The third-order valence-corrected chi connectivity index (χ3v) is 4.86. The second-order valence-corrected chi connectivity index (χ2v) is 6.52. The maximum Gasteiger partial charge on any atom is 0.290 e. The minimum Gasteiger partial charge on any atom is -0.503 e. The Balaban J connectivity index is 1.87. The van der Waals surface area contributed by atoms with Crippen LogP contribution in [-0.2, 0) is 14.3 Å². The SMILES string of the molecule is CC(=O)C1=C(O)C(=O)N(CCN2CCOCC2)[C@H]1c1ccc([N+](=O)[O-])cc1. The first-order chi connectivity index (χ1) is 12.9. The number of ketones is 1. The van der Waals surface area contributed by atoms with Crippen LogP contribution >= 0.6 is 0 Å². The van der Waals surface area contributed by atoms with Gasteiger partial charge in [-0.3, -0.25) is 24.6 Å². The number of amides is 1. The average Bonchev–Trinajstić information content (AvgIpc) is 2.92. The lowest BCUT2D eigenvalue weighted by atomic mass is 9.96. The van der Waals surface area contributed by atoms with Gasteiger partial charge in [0.1, 0.15) is 0 Å². The Kier molecular flexibility index (Phi) is 5.52. The highest BCUT2D eigenvalue weighted by Crippen LogP contribution is 2.37. The van der Waals surface area contributed by atoms with Gasteiger partial charge in [-0.05, 0) is 24.6 Å². The molecule has 2 aliphatic heterocycles. The highest BCUT2D eigenvalue weighted by molar-refractivity contribution is 6.08. The van der Waals surface area contributed by atoms with Crippen molar-refractivity contribution in [2.75, 3.05) is 39.4 Å². The topological polar surface area (TPSA) is 113 Å². The minimum atomic E-state index is -0.753. The predicted octanol–water partition coefficient (Wildman–Crippen LogP) is 1.21. The summed E-state index contributed by atoms with van der Waals surface area (Å²) in [7, 11) is 0. The third kappa shape index (κ3) is 3.83. The van der Waals surface area contributed by atoms with Gasteiger partial charge in [0.15, 0.2) is 11.5 Å². The smallest absolute Gasteiger partial charge is 0.290 e. The summed E-state index contributed by atoms with van der Waals surface area (Å²) in [5, 5.41) is 21.1. The van der Waals surface area contributed by atoms with E-state index in [-0.39, 0.29) is 11.3 Å². The van der Waals surface area contributed by atoms with Gasteiger partial charge in [-0.2, -0.15) is 0 Å². The van der Waals surface area contributed by atoms with E-state index in [1.54, 1.807) is 0 Å². The number of aliphatic hydroxyl groups is 1. The number of carbonyl (C=O) groups excluding carboxylic acids is 2. The van der Waals surface area contributed by atoms with Crippen LogP contribution in [0.25, 0.3) is 0 Å². The zero-order chi connectivity index (χ0) is 19.6. The molecule has 0 bridgehead atoms. The number of morpholine rings is 1. The fraction of sp³-hybridized carbons (Fsp3) is 0.444. The van der Waals surface area contributed by atoms with E-state index in [9.17, 15) is 24.8 Å². The number of rotatable bonds is 6. The van der Waals surface area contributed by atoms with Crippen molar-refractivity contribution in [3.63, 3.8) is 0 Å². The summed E-state index contributed by atoms with van der Waals surface area (Å²) in [5.41, 5.74) is 0.488. The van der Waals surface area contributed by atoms with E-state index < -0.39 is 28.4 Å². The highest BCUT2D eigenvalue weighted by Gasteiger charge is 2.42. The van der Waals surface area contributed by atoms with Crippen molar-refractivity contribution in [1.29, 1.82) is 0 Å². The van der Waals surface area contributed by atoms with Crippen LogP contribution < -0.4 is 0 Å². The van der Waals surface area contributed by atoms with Crippen molar-refractivity contribution in [1.82, 2.24) is 9.80 Å². The zero-order valence-electron chi connectivity index (χ0n) is 15.0. The second-order valence-electron chi connectivity index (χ2n) is 6.52. The molecule has 3 rings (SSSR count). The van der Waals surface area contributed by atoms with E-state index in [0.717, 1.165) is 13.1 Å². The summed E-state index contributed by atoms with van der Waals surface area (Å²) in [5.74, 6) is -1.55. The van der Waals surface area contributed by atoms with Crippen LogP contribution in [0, 0.1) is 10.1 Å². The maximum absolute atomic E-state index is 12.6. The van der Waals surface area contributed by atoms with Crippen LogP contribution in [0.3, 0.4) is 0 Å². The van der Waals surface area contributed by atoms with Gasteiger partial charge >= 0.3 is 0 Å². The van der Waals surface area contributed by atoms with Gasteiger partial charge in [-0.25, -0.2) is 0 Å². The first-order valence-electron chi connectivity index (χ1n) is 8.69. The van der Waals surface area contributed by atoms with Crippen molar-refractivity contribution in [2.24, 2.45) is 0 Å². The molecule has 1 fully saturated rings. The molecule has 0 aliphatic carbocycles. The number of ether oxygens (including phenoxy) is 1. The largest absolute Gasteiger partial charge is 0.503 e. The van der Waals surface area contributed by atoms with Crippen LogP contribution in [0.4, 0.5) is 5.69 Å². The molecule has 0 unspecified atom stereocenters. The fourth-order valence-corrected chi connectivity index (χ4v) is 3.44. The van der Waals surface area contributed by atoms with Gasteiger partial charge in [-0.1, -0.05) is 0 Å². The Hall–Kier alpha value is -2.78. The molecule has 144 valence electrons. The average molecular weight is 375 g/mol. The molecule has 1 atom stereocenters. The van der Waals surface area contributed by atoms with Gasteiger partial charge in [0.2, 0.25) is 0 Å². The highest BCUT2D eigenvalue weighted by atomic mass is 16.6. The summed E-state index contributed by atoms with van der Waals surface area (Å²) in [6.45, 7) is 4.96. The van der Waals surface area contributed by atoms with E-state index in [0.29, 0.717) is 31.9 Å². The standard InChI is InChI=1S/C18H21N3O6/c1-12(22)15-16(13-2-4-14(5-3-13)21(25)26)20(18(24)17(15)23)7-6-19-8-10-27-11-9-19/h2-5,16,23H,6-11H2,1H3/t16-/m0/s1. The molecule has 2 heterocycles. The summed E-state index contributed by atoms with van der Waals surface area (Å²) in [6, 6.07) is 4.93. The quantitative estimate of drug-likeness (QED) is 0.587. The number of Topliss-reactive ketones (excluding diaryl/α,β-unsaturated/α-hetero) is 1. The van der Waals surface area contributed by atoms with Gasteiger partial charge in [0, 0.05) is 38.3 Å². The van der Waals surface area contributed by atoms with Crippen molar-refractivity contribution in [2.45, 2.75) is 13.0 Å². The number of aliphatic hydroxyl groups excluding tert-OH is 1. The molecule has 0 spiro atoms. The van der Waals surface area contributed by atoms with E-state index in [1.807, 2.05) is 0 Å². The van der Waals surface area contributed by atoms with Crippen molar-refractivity contribution >= 4 is 17.4 Å². The molecule has 1 aromatic rings. The van der Waals surface area contributed by atoms with Crippen LogP contribution in [0.2, 0.25) is 0 Å². The first-order valence-corrected chi connectivity index (χ1v) is 8.69. The zero-order valence-corrected chi connectivity index (χ0v) is 15.0. The number of nitro groups is 1. The monoisotopic (exact) mass is 375 g/mol.